The van der Waals surface area contributed by atoms with Crippen LogP contribution in [0.25, 0.3) is 0 Å². The van der Waals surface area contributed by atoms with Gasteiger partial charge < -0.3 is 14.6 Å². The molecule has 1 unspecified atom stereocenters. The van der Waals surface area contributed by atoms with Gasteiger partial charge in [0.2, 0.25) is 0 Å². The molecule has 1 aromatic heterocycles. The predicted octanol–water partition coefficient (Wildman–Crippen LogP) is 3.03. The molecule has 0 aliphatic carbocycles. The molecule has 1 N–H and O–H groups in total. The van der Waals surface area contributed by atoms with Gasteiger partial charge >= 0.3 is 0 Å². The molecule has 1 atom stereocenters. The summed E-state index contributed by atoms with van der Waals surface area (Å²) in [5, 5.41) is 9.71. The van der Waals surface area contributed by atoms with Crippen molar-refractivity contribution >= 4 is 0 Å². The summed E-state index contributed by atoms with van der Waals surface area (Å²) in [4.78, 5) is 4.40. The number of aryl methyl sites for hydroxylation is 1. The second-order valence-corrected chi connectivity index (χ2v) is 4.64. The van der Waals surface area contributed by atoms with Gasteiger partial charge in [0, 0.05) is 23.4 Å². The fourth-order valence-electron chi connectivity index (χ4n) is 2.00. The van der Waals surface area contributed by atoms with Gasteiger partial charge in [-0.2, -0.15) is 0 Å². The van der Waals surface area contributed by atoms with Gasteiger partial charge in [0.15, 0.2) is 0 Å². The molecular weight excluding hydrogens is 254 g/mol. The van der Waals surface area contributed by atoms with Crippen LogP contribution in [0.3, 0.4) is 0 Å². The van der Waals surface area contributed by atoms with Crippen LogP contribution in [0.4, 0.5) is 0 Å². The van der Waals surface area contributed by atoms with Gasteiger partial charge in [0.05, 0.1) is 18.9 Å². The summed E-state index contributed by atoms with van der Waals surface area (Å²) in [7, 11) is 1.63. The average molecular weight is 273 g/mol. The highest BCUT2D eigenvalue weighted by Gasteiger charge is 2.09. The molecule has 4 nitrogen and oxygen atoms in total. The number of para-hydroxylation sites is 1. The first-order chi connectivity index (χ1) is 9.60. The lowest BCUT2D eigenvalue weighted by Gasteiger charge is -2.13. The van der Waals surface area contributed by atoms with E-state index >= 15 is 0 Å². The number of hydrogen-bond donors (Lipinski definition) is 1. The van der Waals surface area contributed by atoms with E-state index in [1.165, 1.54) is 0 Å². The second-order valence-electron chi connectivity index (χ2n) is 4.64. The zero-order chi connectivity index (χ0) is 14.5. The lowest BCUT2D eigenvalue weighted by Crippen LogP contribution is -2.03. The maximum atomic E-state index is 9.71. The molecule has 106 valence electrons. The van der Waals surface area contributed by atoms with E-state index in [-0.39, 0.29) is 0 Å². The number of pyridine rings is 1. The van der Waals surface area contributed by atoms with Crippen molar-refractivity contribution in [1.82, 2.24) is 4.98 Å². The van der Waals surface area contributed by atoms with Crippen molar-refractivity contribution in [2.45, 2.75) is 26.6 Å². The Morgan fingerprint density at radius 2 is 2.00 bits per heavy atom. The summed E-state index contributed by atoms with van der Waals surface area (Å²) in [6, 6.07) is 11.2. The van der Waals surface area contributed by atoms with Gasteiger partial charge in [0.25, 0.3) is 0 Å². The standard InChI is InChI=1S/C16H19NO3/c1-11-8-14(19-3)9-13(17-11)10-20-16-7-5-4-6-15(16)12(2)18/h4-9,12,18H,10H2,1-3H3. The maximum absolute atomic E-state index is 9.71. The third-order valence-electron chi connectivity index (χ3n) is 2.96. The molecule has 4 heteroatoms. The predicted molar refractivity (Wildman–Crippen MR) is 76.9 cm³/mol. The van der Waals surface area contributed by atoms with E-state index in [0.29, 0.717) is 12.4 Å². The fraction of sp³-hybridized carbons (Fsp3) is 0.312. The van der Waals surface area contributed by atoms with Crippen LogP contribution in [-0.2, 0) is 6.61 Å². The summed E-state index contributed by atoms with van der Waals surface area (Å²) >= 11 is 0. The Bertz CT molecular complexity index is 582. The molecule has 1 heterocycles. The normalized spacial score (nSPS) is 12.0. The molecule has 2 rings (SSSR count). The van der Waals surface area contributed by atoms with E-state index in [0.717, 1.165) is 22.7 Å². The smallest absolute Gasteiger partial charge is 0.130 e. The first-order valence-electron chi connectivity index (χ1n) is 6.51. The maximum Gasteiger partial charge on any atom is 0.130 e. The largest absolute Gasteiger partial charge is 0.497 e. The highest BCUT2D eigenvalue weighted by molar-refractivity contribution is 5.35. The molecule has 0 amide bonds. The second kappa shape index (κ2) is 6.39. The molecule has 0 fully saturated rings. The number of aromatic nitrogens is 1. The van der Waals surface area contributed by atoms with Crippen molar-refractivity contribution < 1.29 is 14.6 Å². The molecule has 0 bridgehead atoms. The van der Waals surface area contributed by atoms with Crippen LogP contribution in [0.1, 0.15) is 30.0 Å². The zero-order valence-corrected chi connectivity index (χ0v) is 12.0. The Morgan fingerprint density at radius 3 is 2.70 bits per heavy atom. The first-order valence-corrected chi connectivity index (χ1v) is 6.51. The molecule has 2 aromatic rings. The Hall–Kier alpha value is -2.07. The van der Waals surface area contributed by atoms with E-state index in [2.05, 4.69) is 4.98 Å². The van der Waals surface area contributed by atoms with Crippen molar-refractivity contribution in [3.05, 3.63) is 53.3 Å². The van der Waals surface area contributed by atoms with E-state index in [1.54, 1.807) is 14.0 Å². The van der Waals surface area contributed by atoms with Crippen LogP contribution < -0.4 is 9.47 Å². The average Bonchev–Trinajstić information content (AvgIpc) is 2.44. The highest BCUT2D eigenvalue weighted by Crippen LogP contribution is 2.25. The van der Waals surface area contributed by atoms with Crippen molar-refractivity contribution in [3.8, 4) is 11.5 Å². The molecule has 0 radical (unpaired) electrons. The van der Waals surface area contributed by atoms with Gasteiger partial charge in [0.1, 0.15) is 18.1 Å². The fourth-order valence-corrected chi connectivity index (χ4v) is 2.00. The summed E-state index contributed by atoms with van der Waals surface area (Å²) in [5.74, 6) is 1.43. The van der Waals surface area contributed by atoms with Crippen molar-refractivity contribution in [1.29, 1.82) is 0 Å². The third-order valence-corrected chi connectivity index (χ3v) is 2.96. The first kappa shape index (κ1) is 14.3. The third kappa shape index (κ3) is 3.48. The van der Waals surface area contributed by atoms with Gasteiger partial charge in [-0.15, -0.1) is 0 Å². The lowest BCUT2D eigenvalue weighted by molar-refractivity contribution is 0.189. The summed E-state index contributed by atoms with van der Waals surface area (Å²) in [5.41, 5.74) is 2.45. The molecule has 0 aliphatic rings. The molecule has 0 saturated heterocycles. The van der Waals surface area contributed by atoms with Crippen LogP contribution in [-0.4, -0.2) is 17.2 Å². The Labute approximate surface area is 119 Å². The van der Waals surface area contributed by atoms with Crippen LogP contribution in [0.2, 0.25) is 0 Å². The molecular formula is C16H19NO3. The van der Waals surface area contributed by atoms with Gasteiger partial charge in [-0.05, 0) is 19.9 Å². The summed E-state index contributed by atoms with van der Waals surface area (Å²) in [6.07, 6.45) is -0.564. The molecule has 0 spiro atoms. The molecule has 1 aromatic carbocycles. The van der Waals surface area contributed by atoms with Crippen molar-refractivity contribution in [2.75, 3.05) is 7.11 Å². The number of nitrogens with zero attached hydrogens (tertiary/aromatic N) is 1. The number of aliphatic hydroxyl groups excluding tert-OH is 1. The SMILES string of the molecule is COc1cc(C)nc(COc2ccccc2C(C)O)c1. The Balaban J connectivity index is 2.15. The topological polar surface area (TPSA) is 51.6 Å². The zero-order valence-electron chi connectivity index (χ0n) is 12.0. The molecule has 20 heavy (non-hydrogen) atoms. The van der Waals surface area contributed by atoms with E-state index in [1.807, 2.05) is 43.3 Å². The van der Waals surface area contributed by atoms with E-state index in [4.69, 9.17) is 9.47 Å². The van der Waals surface area contributed by atoms with Crippen LogP contribution in [0.15, 0.2) is 36.4 Å². The minimum absolute atomic E-state index is 0.335. The van der Waals surface area contributed by atoms with Crippen molar-refractivity contribution in [3.63, 3.8) is 0 Å². The lowest BCUT2D eigenvalue weighted by atomic mass is 10.1. The molecule has 0 aliphatic heterocycles. The monoisotopic (exact) mass is 273 g/mol. The number of ether oxygens (including phenoxy) is 2. The van der Waals surface area contributed by atoms with E-state index < -0.39 is 6.10 Å². The quantitative estimate of drug-likeness (QED) is 0.909. The van der Waals surface area contributed by atoms with Crippen LogP contribution >= 0.6 is 0 Å². The van der Waals surface area contributed by atoms with Crippen LogP contribution in [0.5, 0.6) is 11.5 Å². The highest BCUT2D eigenvalue weighted by atomic mass is 16.5. The minimum atomic E-state index is -0.564. The number of rotatable bonds is 5. The molecule has 0 saturated carbocycles. The number of hydrogen-bond acceptors (Lipinski definition) is 4. The Morgan fingerprint density at radius 1 is 1.25 bits per heavy atom. The Kier molecular flexibility index (Phi) is 4.58. The summed E-state index contributed by atoms with van der Waals surface area (Å²) < 4.78 is 11.0. The van der Waals surface area contributed by atoms with Gasteiger partial charge in [-0.3, -0.25) is 4.98 Å². The van der Waals surface area contributed by atoms with Gasteiger partial charge in [-0.1, -0.05) is 18.2 Å². The number of methoxy groups -OCH3 is 1. The van der Waals surface area contributed by atoms with Crippen LogP contribution in [0, 0.1) is 6.92 Å². The van der Waals surface area contributed by atoms with Gasteiger partial charge in [-0.25, -0.2) is 0 Å². The minimum Gasteiger partial charge on any atom is -0.497 e. The number of aliphatic hydroxyl groups is 1. The van der Waals surface area contributed by atoms with E-state index in [9.17, 15) is 5.11 Å². The summed E-state index contributed by atoms with van der Waals surface area (Å²) in [6.45, 7) is 3.97. The number of benzene rings is 1. The van der Waals surface area contributed by atoms with Crippen molar-refractivity contribution in [2.24, 2.45) is 0 Å².